The summed E-state index contributed by atoms with van der Waals surface area (Å²) < 4.78 is 6.65. The zero-order valence-corrected chi connectivity index (χ0v) is 11.0. The third-order valence-electron chi connectivity index (χ3n) is 2.74. The summed E-state index contributed by atoms with van der Waals surface area (Å²) in [5.41, 5.74) is 1.13. The lowest BCUT2D eigenvalue weighted by Crippen LogP contribution is -2.31. The summed E-state index contributed by atoms with van der Waals surface area (Å²) in [5, 5.41) is 3.98. The molecule has 0 amide bonds. The first-order valence-electron chi connectivity index (χ1n) is 4.92. The number of rotatable bonds is 1. The second-order valence-electron chi connectivity index (χ2n) is 3.86. The molecule has 2 nitrogen and oxygen atoms in total. The lowest BCUT2D eigenvalue weighted by molar-refractivity contribution is 0.193. The Morgan fingerprint density at radius 2 is 2.27 bits per heavy atom. The number of hydrogen-bond donors (Lipinski definition) is 1. The van der Waals surface area contributed by atoms with Crippen molar-refractivity contribution in [3.63, 3.8) is 0 Å². The molecule has 1 aromatic rings. The number of nitrogens with one attached hydrogen (secondary N) is 1. The summed E-state index contributed by atoms with van der Waals surface area (Å²) in [6.45, 7) is 2.87. The fourth-order valence-electron chi connectivity index (χ4n) is 2.02. The number of halogens is 2. The number of hydrogen-bond acceptors (Lipinski definition) is 2. The summed E-state index contributed by atoms with van der Waals surface area (Å²) in [6, 6.07) is 4.24. The Kier molecular flexibility index (Phi) is 3.24. The van der Waals surface area contributed by atoms with Gasteiger partial charge in [0.1, 0.15) is 5.75 Å². The van der Waals surface area contributed by atoms with Crippen LogP contribution in [0.5, 0.6) is 5.75 Å². The summed E-state index contributed by atoms with van der Waals surface area (Å²) in [5.74, 6) is 1.27. The Morgan fingerprint density at radius 3 is 2.93 bits per heavy atom. The highest BCUT2D eigenvalue weighted by molar-refractivity contribution is 9.10. The van der Waals surface area contributed by atoms with Gasteiger partial charge in [-0.25, -0.2) is 0 Å². The van der Waals surface area contributed by atoms with Crippen LogP contribution in [0.15, 0.2) is 16.6 Å². The molecule has 15 heavy (non-hydrogen) atoms. The van der Waals surface area contributed by atoms with Crippen molar-refractivity contribution in [3.8, 4) is 5.75 Å². The Morgan fingerprint density at radius 1 is 1.53 bits per heavy atom. The van der Waals surface area contributed by atoms with Crippen molar-refractivity contribution in [3.05, 3.63) is 27.2 Å². The molecular weight excluding hydrogens is 277 g/mol. The van der Waals surface area contributed by atoms with Gasteiger partial charge in [-0.3, -0.25) is 0 Å². The first-order valence-corrected chi connectivity index (χ1v) is 6.09. The van der Waals surface area contributed by atoms with E-state index in [0.29, 0.717) is 23.6 Å². The molecule has 0 bridgehead atoms. The lowest BCUT2D eigenvalue weighted by atomic mass is 9.92. The molecule has 1 aromatic carbocycles. The van der Waals surface area contributed by atoms with Crippen LogP contribution in [0.1, 0.15) is 18.5 Å². The largest absolute Gasteiger partial charge is 0.491 e. The van der Waals surface area contributed by atoms with Crippen molar-refractivity contribution in [2.75, 3.05) is 13.7 Å². The van der Waals surface area contributed by atoms with Crippen molar-refractivity contribution in [2.45, 2.75) is 13.0 Å². The fourth-order valence-corrected chi connectivity index (χ4v) is 2.91. The van der Waals surface area contributed by atoms with E-state index in [0.717, 1.165) is 15.8 Å². The van der Waals surface area contributed by atoms with E-state index < -0.39 is 0 Å². The first kappa shape index (κ1) is 11.2. The molecule has 4 heteroatoms. The third kappa shape index (κ3) is 2.01. The van der Waals surface area contributed by atoms with E-state index in [4.69, 9.17) is 16.3 Å². The van der Waals surface area contributed by atoms with E-state index in [1.165, 1.54) is 0 Å². The predicted octanol–water partition coefficient (Wildman–Crippen LogP) is 3.39. The van der Waals surface area contributed by atoms with Gasteiger partial charge in [-0.15, -0.1) is 0 Å². The number of benzene rings is 1. The van der Waals surface area contributed by atoms with Gasteiger partial charge in [-0.05, 0) is 19.2 Å². The SMILES string of the molecule is CNC1c2cc(Br)cc(Cl)c2OCC1C. The second-order valence-corrected chi connectivity index (χ2v) is 5.18. The second kappa shape index (κ2) is 4.32. The molecule has 2 unspecified atom stereocenters. The van der Waals surface area contributed by atoms with Gasteiger partial charge in [-0.2, -0.15) is 0 Å². The van der Waals surface area contributed by atoms with Crippen LogP contribution in [0.4, 0.5) is 0 Å². The molecule has 0 spiro atoms. The maximum Gasteiger partial charge on any atom is 0.142 e. The zero-order valence-electron chi connectivity index (χ0n) is 8.68. The molecule has 0 saturated carbocycles. The van der Waals surface area contributed by atoms with Crippen molar-refractivity contribution in [1.29, 1.82) is 0 Å². The van der Waals surface area contributed by atoms with E-state index in [2.05, 4.69) is 34.2 Å². The van der Waals surface area contributed by atoms with Gasteiger partial charge in [-0.1, -0.05) is 34.5 Å². The monoisotopic (exact) mass is 289 g/mol. The molecule has 1 aliphatic rings. The van der Waals surface area contributed by atoms with Crippen molar-refractivity contribution < 1.29 is 4.74 Å². The van der Waals surface area contributed by atoms with Crippen molar-refractivity contribution in [1.82, 2.24) is 5.32 Å². The number of ether oxygens (including phenoxy) is 1. The minimum absolute atomic E-state index is 0.309. The Labute approximate surface area is 103 Å². The normalized spacial score (nSPS) is 24.5. The highest BCUT2D eigenvalue weighted by Crippen LogP contribution is 2.41. The molecule has 0 saturated heterocycles. The van der Waals surface area contributed by atoms with Crippen LogP contribution in [0.25, 0.3) is 0 Å². The predicted molar refractivity (Wildman–Crippen MR) is 65.6 cm³/mol. The van der Waals surface area contributed by atoms with Gasteiger partial charge < -0.3 is 10.1 Å². The molecule has 0 fully saturated rings. The smallest absolute Gasteiger partial charge is 0.142 e. The van der Waals surface area contributed by atoms with E-state index in [1.54, 1.807) is 0 Å². The topological polar surface area (TPSA) is 21.3 Å². The van der Waals surface area contributed by atoms with Crippen molar-refractivity contribution >= 4 is 27.5 Å². The Balaban J connectivity index is 2.52. The van der Waals surface area contributed by atoms with Crippen LogP contribution in [0.3, 0.4) is 0 Å². The molecule has 0 radical (unpaired) electrons. The van der Waals surface area contributed by atoms with Crippen LogP contribution in [-0.4, -0.2) is 13.7 Å². The van der Waals surface area contributed by atoms with Gasteiger partial charge in [0.05, 0.1) is 11.6 Å². The Hall–Kier alpha value is -0.250. The molecule has 2 rings (SSSR count). The standard InChI is InChI=1S/C11H13BrClNO/c1-6-5-15-11-8(10(6)14-2)3-7(12)4-9(11)13/h3-4,6,10,14H,5H2,1-2H3. The minimum atomic E-state index is 0.309. The van der Waals surface area contributed by atoms with Gasteiger partial charge in [0.2, 0.25) is 0 Å². The van der Waals surface area contributed by atoms with Crippen molar-refractivity contribution in [2.24, 2.45) is 5.92 Å². The molecule has 1 N–H and O–H groups in total. The molecule has 0 aliphatic carbocycles. The zero-order chi connectivity index (χ0) is 11.0. The van der Waals surface area contributed by atoms with Gasteiger partial charge in [0, 0.05) is 22.0 Å². The molecule has 0 aromatic heterocycles. The Bertz CT molecular complexity index is 383. The fraction of sp³-hybridized carbons (Fsp3) is 0.455. The lowest BCUT2D eigenvalue weighted by Gasteiger charge is -2.31. The average Bonchev–Trinajstić information content (AvgIpc) is 2.17. The molecule has 1 aliphatic heterocycles. The van der Waals surface area contributed by atoms with Gasteiger partial charge >= 0.3 is 0 Å². The highest BCUT2D eigenvalue weighted by atomic mass is 79.9. The van der Waals surface area contributed by atoms with Crippen LogP contribution < -0.4 is 10.1 Å². The summed E-state index contributed by atoms with van der Waals surface area (Å²) >= 11 is 9.58. The maximum absolute atomic E-state index is 6.13. The minimum Gasteiger partial charge on any atom is -0.491 e. The van der Waals surface area contributed by atoms with Crippen LogP contribution in [0, 0.1) is 5.92 Å². The van der Waals surface area contributed by atoms with E-state index in [-0.39, 0.29) is 0 Å². The van der Waals surface area contributed by atoms with E-state index >= 15 is 0 Å². The maximum atomic E-state index is 6.13. The average molecular weight is 291 g/mol. The van der Waals surface area contributed by atoms with E-state index in [9.17, 15) is 0 Å². The van der Waals surface area contributed by atoms with Crippen LogP contribution in [-0.2, 0) is 0 Å². The third-order valence-corrected chi connectivity index (χ3v) is 3.48. The van der Waals surface area contributed by atoms with Crippen LogP contribution in [0.2, 0.25) is 5.02 Å². The summed E-state index contributed by atoms with van der Waals surface area (Å²) in [4.78, 5) is 0. The highest BCUT2D eigenvalue weighted by Gasteiger charge is 2.28. The molecule has 82 valence electrons. The first-order chi connectivity index (χ1) is 7.13. The quantitative estimate of drug-likeness (QED) is 0.856. The molecular formula is C11H13BrClNO. The van der Waals surface area contributed by atoms with Gasteiger partial charge in [0.15, 0.2) is 0 Å². The molecule has 1 heterocycles. The van der Waals surface area contributed by atoms with E-state index in [1.807, 2.05) is 13.1 Å². The van der Waals surface area contributed by atoms with Crippen LogP contribution >= 0.6 is 27.5 Å². The number of fused-ring (bicyclic) bond motifs is 1. The van der Waals surface area contributed by atoms with Gasteiger partial charge in [0.25, 0.3) is 0 Å². The summed E-state index contributed by atoms with van der Waals surface area (Å²) in [7, 11) is 1.96. The molecule has 2 atom stereocenters. The summed E-state index contributed by atoms with van der Waals surface area (Å²) in [6.07, 6.45) is 0.